The van der Waals surface area contributed by atoms with E-state index in [1.165, 1.54) is 0 Å². The molecule has 2 aromatic carbocycles. The Hall–Kier alpha value is -3.42. The van der Waals surface area contributed by atoms with E-state index in [4.69, 9.17) is 23.2 Å². The van der Waals surface area contributed by atoms with Crippen molar-refractivity contribution in [1.82, 2.24) is 19.9 Å². The molecule has 1 unspecified atom stereocenters. The molecule has 4 aromatic rings. The molecule has 0 aliphatic heterocycles. The van der Waals surface area contributed by atoms with Crippen molar-refractivity contribution in [3.8, 4) is 22.4 Å². The maximum atomic E-state index is 13.2. The Morgan fingerprint density at radius 1 is 1.03 bits per heavy atom. The van der Waals surface area contributed by atoms with Gasteiger partial charge in [0.1, 0.15) is 11.6 Å². The summed E-state index contributed by atoms with van der Waals surface area (Å²) >= 11 is 12.6. The molecule has 4 rings (SSSR count). The molecule has 2 heterocycles. The molecule has 2 aromatic heterocycles. The number of halogens is 2. The first-order valence-electron chi connectivity index (χ1n) is 10.6. The molecular weight excluding hydrogens is 475 g/mol. The van der Waals surface area contributed by atoms with E-state index in [0.717, 1.165) is 16.7 Å². The first-order valence-corrected chi connectivity index (χ1v) is 11.4. The lowest BCUT2D eigenvalue weighted by Gasteiger charge is -2.17. The van der Waals surface area contributed by atoms with Crippen molar-refractivity contribution in [3.63, 3.8) is 0 Å². The SMILES string of the molecule is Cc1nn2c(-c3ccc(Cl)cc3)c(-c3ccccc3Cl)cnc2c1C(=O)NC(C(=O)O)C(C)C. The van der Waals surface area contributed by atoms with E-state index in [-0.39, 0.29) is 11.5 Å². The van der Waals surface area contributed by atoms with Crippen molar-refractivity contribution in [1.29, 1.82) is 0 Å². The predicted molar refractivity (Wildman–Crippen MR) is 132 cm³/mol. The number of amides is 1. The van der Waals surface area contributed by atoms with Crippen molar-refractivity contribution in [2.45, 2.75) is 26.8 Å². The Morgan fingerprint density at radius 2 is 1.71 bits per heavy atom. The molecule has 7 nitrogen and oxygen atoms in total. The highest BCUT2D eigenvalue weighted by molar-refractivity contribution is 6.33. The Labute approximate surface area is 206 Å². The van der Waals surface area contributed by atoms with Gasteiger partial charge in [-0.25, -0.2) is 14.3 Å². The second-order valence-corrected chi connectivity index (χ2v) is 9.08. The largest absolute Gasteiger partial charge is 0.480 e. The van der Waals surface area contributed by atoms with E-state index in [2.05, 4.69) is 15.4 Å². The zero-order valence-corrected chi connectivity index (χ0v) is 20.2. The van der Waals surface area contributed by atoms with Gasteiger partial charge in [-0.05, 0) is 31.0 Å². The standard InChI is InChI=1S/C25H22Cl2N4O3/c1-13(2)21(25(33)34)29-24(32)20-14(3)30-31-22(15-8-10-16(26)11-9-15)18(12-28-23(20)31)17-6-4-5-7-19(17)27/h4-13,21H,1-3H3,(H,29,32)(H,33,34). The smallest absolute Gasteiger partial charge is 0.326 e. The van der Waals surface area contributed by atoms with Gasteiger partial charge in [0.05, 0.1) is 11.4 Å². The summed E-state index contributed by atoms with van der Waals surface area (Å²) in [5.41, 5.74) is 3.90. The van der Waals surface area contributed by atoms with Crippen LogP contribution in [0.1, 0.15) is 29.9 Å². The van der Waals surface area contributed by atoms with Gasteiger partial charge in [0.2, 0.25) is 0 Å². The molecular formula is C25H22Cl2N4O3. The Kier molecular flexibility index (Phi) is 6.59. The zero-order valence-electron chi connectivity index (χ0n) is 18.7. The van der Waals surface area contributed by atoms with Gasteiger partial charge in [0.25, 0.3) is 5.91 Å². The Bertz CT molecular complexity index is 1400. The van der Waals surface area contributed by atoms with Crippen molar-refractivity contribution < 1.29 is 14.7 Å². The number of carbonyl (C=O) groups excluding carboxylic acids is 1. The van der Waals surface area contributed by atoms with Crippen LogP contribution in [0.2, 0.25) is 10.0 Å². The van der Waals surface area contributed by atoms with Crippen LogP contribution in [0, 0.1) is 12.8 Å². The number of carboxylic acid groups (broad SMARTS) is 1. The zero-order chi connectivity index (χ0) is 24.6. The van der Waals surface area contributed by atoms with E-state index < -0.39 is 17.9 Å². The fourth-order valence-corrected chi connectivity index (χ4v) is 4.21. The van der Waals surface area contributed by atoms with Crippen LogP contribution in [-0.4, -0.2) is 37.6 Å². The summed E-state index contributed by atoms with van der Waals surface area (Å²) in [5.74, 6) is -1.95. The van der Waals surface area contributed by atoms with Crippen molar-refractivity contribution in [2.75, 3.05) is 0 Å². The Morgan fingerprint density at radius 3 is 2.32 bits per heavy atom. The fourth-order valence-electron chi connectivity index (χ4n) is 3.85. The summed E-state index contributed by atoms with van der Waals surface area (Å²) in [4.78, 5) is 29.3. The minimum Gasteiger partial charge on any atom is -0.480 e. The molecule has 1 amide bonds. The monoisotopic (exact) mass is 496 g/mol. The summed E-state index contributed by atoms with van der Waals surface area (Å²) in [7, 11) is 0. The van der Waals surface area contributed by atoms with Gasteiger partial charge in [0.15, 0.2) is 5.65 Å². The molecule has 1 atom stereocenters. The molecule has 0 aliphatic carbocycles. The Balaban J connectivity index is 1.95. The van der Waals surface area contributed by atoms with Crippen LogP contribution in [0.25, 0.3) is 28.0 Å². The third-order valence-corrected chi connectivity index (χ3v) is 6.13. The van der Waals surface area contributed by atoms with E-state index in [9.17, 15) is 14.7 Å². The van der Waals surface area contributed by atoms with Gasteiger partial charge in [-0.15, -0.1) is 0 Å². The van der Waals surface area contributed by atoms with Crippen molar-refractivity contribution in [3.05, 3.63) is 76.0 Å². The highest BCUT2D eigenvalue weighted by atomic mass is 35.5. The van der Waals surface area contributed by atoms with E-state index in [0.29, 0.717) is 27.1 Å². The lowest BCUT2D eigenvalue weighted by Crippen LogP contribution is -2.44. The average molecular weight is 497 g/mol. The third-order valence-electron chi connectivity index (χ3n) is 5.55. The number of fused-ring (bicyclic) bond motifs is 1. The maximum absolute atomic E-state index is 13.2. The molecule has 0 radical (unpaired) electrons. The molecule has 0 saturated heterocycles. The first kappa shape index (κ1) is 23.7. The second-order valence-electron chi connectivity index (χ2n) is 8.24. The van der Waals surface area contributed by atoms with Crippen molar-refractivity contribution >= 4 is 40.7 Å². The van der Waals surface area contributed by atoms with Gasteiger partial charge in [-0.1, -0.05) is 67.4 Å². The number of hydrogen-bond donors (Lipinski definition) is 2. The van der Waals surface area contributed by atoms with Gasteiger partial charge in [-0.2, -0.15) is 5.10 Å². The van der Waals surface area contributed by atoms with Crippen LogP contribution in [0.3, 0.4) is 0 Å². The topological polar surface area (TPSA) is 96.6 Å². The lowest BCUT2D eigenvalue weighted by molar-refractivity contribution is -0.140. The normalized spacial score (nSPS) is 12.2. The summed E-state index contributed by atoms with van der Waals surface area (Å²) in [6.07, 6.45) is 1.65. The molecule has 2 N–H and O–H groups in total. The summed E-state index contributed by atoms with van der Waals surface area (Å²) in [6, 6.07) is 13.6. The number of aliphatic carboxylic acids is 1. The van der Waals surface area contributed by atoms with E-state index in [1.54, 1.807) is 49.7 Å². The first-order chi connectivity index (χ1) is 16.2. The summed E-state index contributed by atoms with van der Waals surface area (Å²) in [5, 5.41) is 17.8. The number of carbonyl (C=O) groups is 2. The molecule has 0 fully saturated rings. The van der Waals surface area contributed by atoms with Crippen LogP contribution < -0.4 is 5.32 Å². The molecule has 0 saturated carbocycles. The highest BCUT2D eigenvalue weighted by Gasteiger charge is 2.28. The molecule has 0 aliphatic rings. The second kappa shape index (κ2) is 9.44. The minimum absolute atomic E-state index is 0.216. The van der Waals surface area contributed by atoms with E-state index >= 15 is 0 Å². The number of aryl methyl sites for hydroxylation is 1. The number of hydrogen-bond acceptors (Lipinski definition) is 4. The van der Waals surface area contributed by atoms with E-state index in [1.807, 2.05) is 30.3 Å². The number of nitrogens with zero attached hydrogens (tertiary/aromatic N) is 3. The summed E-state index contributed by atoms with van der Waals surface area (Å²) < 4.78 is 1.59. The van der Waals surface area contributed by atoms with Gasteiger partial charge >= 0.3 is 5.97 Å². The van der Waals surface area contributed by atoms with Crippen LogP contribution >= 0.6 is 23.2 Å². The molecule has 34 heavy (non-hydrogen) atoms. The van der Waals surface area contributed by atoms with Crippen LogP contribution in [0.4, 0.5) is 0 Å². The van der Waals surface area contributed by atoms with Gasteiger partial charge in [-0.3, -0.25) is 4.79 Å². The van der Waals surface area contributed by atoms with Crippen LogP contribution in [0.5, 0.6) is 0 Å². The molecule has 0 spiro atoms. The fraction of sp³-hybridized carbons (Fsp3) is 0.200. The molecule has 9 heteroatoms. The third kappa shape index (κ3) is 4.36. The quantitative estimate of drug-likeness (QED) is 0.366. The van der Waals surface area contributed by atoms with Crippen molar-refractivity contribution in [2.24, 2.45) is 5.92 Å². The lowest BCUT2D eigenvalue weighted by atomic mass is 10.0. The minimum atomic E-state index is -1.10. The molecule has 0 bridgehead atoms. The number of rotatable bonds is 6. The molecule has 174 valence electrons. The van der Waals surface area contributed by atoms with Crippen LogP contribution in [-0.2, 0) is 4.79 Å². The maximum Gasteiger partial charge on any atom is 0.326 e. The average Bonchev–Trinajstić information content (AvgIpc) is 3.13. The summed E-state index contributed by atoms with van der Waals surface area (Å²) in [6.45, 7) is 5.15. The number of nitrogens with one attached hydrogen (secondary N) is 1. The van der Waals surface area contributed by atoms with Crippen LogP contribution in [0.15, 0.2) is 54.7 Å². The number of carboxylic acids is 1. The number of aromatic nitrogens is 3. The number of benzene rings is 2. The highest BCUT2D eigenvalue weighted by Crippen LogP contribution is 2.36. The predicted octanol–water partition coefficient (Wildman–Crippen LogP) is 5.52. The van der Waals surface area contributed by atoms with Gasteiger partial charge in [0, 0.05) is 32.9 Å². The van der Waals surface area contributed by atoms with Gasteiger partial charge < -0.3 is 10.4 Å².